The van der Waals surface area contributed by atoms with Crippen LogP contribution >= 0.6 is 0 Å². The van der Waals surface area contributed by atoms with Gasteiger partial charge in [-0.25, -0.2) is 0 Å². The van der Waals surface area contributed by atoms with Crippen molar-refractivity contribution >= 4 is 0 Å². The molecule has 4 aliphatic heterocycles. The molecule has 0 saturated carbocycles. The monoisotopic (exact) mass is 334 g/mol. The van der Waals surface area contributed by atoms with Gasteiger partial charge in [0.15, 0.2) is 0 Å². The van der Waals surface area contributed by atoms with E-state index in [1.165, 1.54) is 11.1 Å². The van der Waals surface area contributed by atoms with Gasteiger partial charge in [0.05, 0.1) is 23.1 Å². The van der Waals surface area contributed by atoms with Crippen molar-refractivity contribution in [3.05, 3.63) is 71.8 Å². The van der Waals surface area contributed by atoms with E-state index in [-0.39, 0.29) is 10.8 Å². The van der Waals surface area contributed by atoms with E-state index >= 15 is 0 Å². The highest BCUT2D eigenvalue weighted by atomic mass is 16.3. The molecule has 4 bridgehead atoms. The zero-order valence-corrected chi connectivity index (χ0v) is 14.9. The van der Waals surface area contributed by atoms with Gasteiger partial charge in [-0.1, -0.05) is 67.6 Å². The van der Waals surface area contributed by atoms with Crippen LogP contribution in [0.5, 0.6) is 0 Å². The Bertz CT molecular complexity index is 700. The minimum Gasteiger partial charge on any atom is -0.388 e. The third-order valence-corrected chi connectivity index (χ3v) is 7.12. The first-order valence-electron chi connectivity index (χ1n) is 9.42. The lowest BCUT2D eigenvalue weighted by molar-refractivity contribution is -0.237. The van der Waals surface area contributed by atoms with Crippen LogP contribution < -0.4 is 0 Å². The standard InChI is InChI=1S/C22H26N2O/c1-2-22(25)20(18-9-5-3-6-10-18)13-23-15-21(22,16-24(14-20)17-23)19-11-7-4-8-12-19/h3-12,25H,2,13-17H2,1H3. The molecule has 2 aromatic rings. The Morgan fingerprint density at radius 3 is 1.52 bits per heavy atom. The van der Waals surface area contributed by atoms with Gasteiger partial charge in [0.1, 0.15) is 0 Å². The summed E-state index contributed by atoms with van der Waals surface area (Å²) in [5.41, 5.74) is 1.37. The van der Waals surface area contributed by atoms with Gasteiger partial charge in [0, 0.05) is 26.2 Å². The number of hydrogen-bond donors (Lipinski definition) is 1. The first-order valence-corrected chi connectivity index (χ1v) is 9.42. The number of benzene rings is 2. The Balaban J connectivity index is 1.76. The van der Waals surface area contributed by atoms with E-state index in [1.807, 2.05) is 0 Å². The normalized spacial score (nSPS) is 41.8. The quantitative estimate of drug-likeness (QED) is 0.935. The largest absolute Gasteiger partial charge is 0.388 e. The predicted molar refractivity (Wildman–Crippen MR) is 99.5 cm³/mol. The first-order chi connectivity index (χ1) is 12.1. The molecular weight excluding hydrogens is 308 g/mol. The first kappa shape index (κ1) is 15.6. The number of nitrogens with zero attached hydrogens (tertiary/aromatic N) is 2. The van der Waals surface area contributed by atoms with Crippen LogP contribution in [0.25, 0.3) is 0 Å². The number of piperidine rings is 2. The van der Waals surface area contributed by atoms with Crippen LogP contribution in [0.15, 0.2) is 60.7 Å². The predicted octanol–water partition coefficient (Wildman–Crippen LogP) is 2.61. The van der Waals surface area contributed by atoms with E-state index < -0.39 is 5.60 Å². The lowest BCUT2D eigenvalue weighted by Gasteiger charge is -2.72. The minimum absolute atomic E-state index is 0.229. The maximum absolute atomic E-state index is 12.4. The number of aliphatic hydroxyl groups is 1. The second-order valence-corrected chi connectivity index (χ2v) is 8.23. The summed E-state index contributed by atoms with van der Waals surface area (Å²) in [5.74, 6) is 0. The van der Waals surface area contributed by atoms with Crippen molar-refractivity contribution in [2.45, 2.75) is 29.8 Å². The molecule has 3 heteroatoms. The Kier molecular flexibility index (Phi) is 3.22. The summed E-state index contributed by atoms with van der Waals surface area (Å²) < 4.78 is 0. The highest BCUT2D eigenvalue weighted by Crippen LogP contribution is 2.59. The van der Waals surface area contributed by atoms with Crippen molar-refractivity contribution in [1.82, 2.24) is 9.80 Å². The molecule has 0 radical (unpaired) electrons. The summed E-state index contributed by atoms with van der Waals surface area (Å²) in [4.78, 5) is 5.11. The van der Waals surface area contributed by atoms with Gasteiger partial charge in [-0.15, -0.1) is 0 Å². The highest BCUT2D eigenvalue weighted by Gasteiger charge is 2.71. The average molecular weight is 334 g/mol. The molecule has 0 aliphatic carbocycles. The van der Waals surface area contributed by atoms with Crippen molar-refractivity contribution in [2.75, 3.05) is 32.8 Å². The zero-order valence-electron chi connectivity index (χ0n) is 14.9. The maximum atomic E-state index is 12.4. The third-order valence-electron chi connectivity index (χ3n) is 7.12. The van der Waals surface area contributed by atoms with Gasteiger partial charge in [-0.2, -0.15) is 0 Å². The fourth-order valence-electron chi connectivity index (χ4n) is 6.24. The summed E-state index contributed by atoms with van der Waals surface area (Å²) in [6.45, 7) is 7.00. The molecule has 0 spiro atoms. The second-order valence-electron chi connectivity index (χ2n) is 8.23. The number of hydrogen-bond acceptors (Lipinski definition) is 3. The lowest BCUT2D eigenvalue weighted by atomic mass is 9.47. The van der Waals surface area contributed by atoms with Crippen LogP contribution in [-0.2, 0) is 10.8 Å². The molecule has 130 valence electrons. The molecule has 0 aromatic heterocycles. The molecule has 4 aliphatic rings. The topological polar surface area (TPSA) is 26.7 Å². The zero-order chi connectivity index (χ0) is 17.1. The van der Waals surface area contributed by atoms with Gasteiger partial charge < -0.3 is 5.11 Å². The van der Waals surface area contributed by atoms with E-state index in [0.717, 1.165) is 39.3 Å². The van der Waals surface area contributed by atoms with Gasteiger partial charge in [0.25, 0.3) is 0 Å². The molecule has 4 fully saturated rings. The van der Waals surface area contributed by atoms with E-state index in [4.69, 9.17) is 0 Å². The highest BCUT2D eigenvalue weighted by molar-refractivity contribution is 5.45. The van der Waals surface area contributed by atoms with Crippen molar-refractivity contribution < 1.29 is 5.11 Å². The van der Waals surface area contributed by atoms with Crippen molar-refractivity contribution in [2.24, 2.45) is 0 Å². The summed E-state index contributed by atoms with van der Waals surface area (Å²) >= 11 is 0. The van der Waals surface area contributed by atoms with Crippen LogP contribution in [0.4, 0.5) is 0 Å². The van der Waals surface area contributed by atoms with Gasteiger partial charge in [-0.05, 0) is 17.5 Å². The summed E-state index contributed by atoms with van der Waals surface area (Å²) in [7, 11) is 0. The molecular formula is C22H26N2O. The van der Waals surface area contributed by atoms with E-state index in [2.05, 4.69) is 77.4 Å². The Morgan fingerprint density at radius 2 is 1.16 bits per heavy atom. The summed E-state index contributed by atoms with van der Waals surface area (Å²) in [6.07, 6.45) is 0.776. The molecule has 2 aromatic carbocycles. The molecule has 0 amide bonds. The SMILES string of the molecule is CCC1(O)C2(c3ccccc3)CN3CN(C2)CC1(c1ccccc1)C3. The molecule has 3 nitrogen and oxygen atoms in total. The molecule has 1 N–H and O–H groups in total. The van der Waals surface area contributed by atoms with Crippen LogP contribution in [0.2, 0.25) is 0 Å². The molecule has 0 atom stereocenters. The second kappa shape index (κ2) is 5.16. The number of rotatable bonds is 3. The summed E-state index contributed by atoms with van der Waals surface area (Å²) in [5, 5.41) is 12.4. The molecule has 4 heterocycles. The smallest absolute Gasteiger partial charge is 0.0886 e. The van der Waals surface area contributed by atoms with Crippen LogP contribution in [0.1, 0.15) is 24.5 Å². The minimum atomic E-state index is -0.740. The van der Waals surface area contributed by atoms with Gasteiger partial charge in [-0.3, -0.25) is 9.80 Å². The van der Waals surface area contributed by atoms with Crippen molar-refractivity contribution in [1.29, 1.82) is 0 Å². The van der Waals surface area contributed by atoms with E-state index in [1.54, 1.807) is 0 Å². The average Bonchev–Trinajstić information content (AvgIpc) is 2.66. The van der Waals surface area contributed by atoms with E-state index in [0.29, 0.717) is 0 Å². The molecule has 25 heavy (non-hydrogen) atoms. The van der Waals surface area contributed by atoms with Crippen molar-refractivity contribution in [3.8, 4) is 0 Å². The fourth-order valence-corrected chi connectivity index (χ4v) is 6.24. The third kappa shape index (κ3) is 1.81. The van der Waals surface area contributed by atoms with Gasteiger partial charge >= 0.3 is 0 Å². The van der Waals surface area contributed by atoms with Crippen molar-refractivity contribution in [3.63, 3.8) is 0 Å². The Labute approximate surface area is 149 Å². The maximum Gasteiger partial charge on any atom is 0.0886 e. The molecule has 6 rings (SSSR count). The fraction of sp³-hybridized carbons (Fsp3) is 0.455. The summed E-state index contributed by atoms with van der Waals surface area (Å²) in [6, 6.07) is 21.5. The lowest BCUT2D eigenvalue weighted by Crippen LogP contribution is -2.86. The molecule has 0 unspecified atom stereocenters. The van der Waals surface area contributed by atoms with Crippen LogP contribution in [-0.4, -0.2) is 53.4 Å². The van der Waals surface area contributed by atoms with Gasteiger partial charge in [0.2, 0.25) is 0 Å². The van der Waals surface area contributed by atoms with E-state index in [9.17, 15) is 5.11 Å². The van der Waals surface area contributed by atoms with Crippen LogP contribution in [0, 0.1) is 0 Å². The Hall–Kier alpha value is -1.68. The molecule has 4 saturated heterocycles. The Morgan fingerprint density at radius 1 is 0.760 bits per heavy atom. The van der Waals surface area contributed by atoms with Crippen LogP contribution in [0.3, 0.4) is 0 Å².